The van der Waals surface area contributed by atoms with E-state index in [1.807, 2.05) is 0 Å². The lowest BCUT2D eigenvalue weighted by Crippen LogP contribution is -2.48. The van der Waals surface area contributed by atoms with Crippen LogP contribution in [0.5, 0.6) is 5.75 Å². The van der Waals surface area contributed by atoms with Crippen LogP contribution in [0.1, 0.15) is 16.8 Å². The summed E-state index contributed by atoms with van der Waals surface area (Å²) in [4.78, 5) is 45.6. The highest BCUT2D eigenvalue weighted by molar-refractivity contribution is 7.73. The van der Waals surface area contributed by atoms with Gasteiger partial charge in [-0.2, -0.15) is 0 Å². The third-order valence-corrected chi connectivity index (χ3v) is 12.1. The van der Waals surface area contributed by atoms with Crippen LogP contribution in [0.2, 0.25) is 0 Å². The summed E-state index contributed by atoms with van der Waals surface area (Å²) in [5.74, 6) is -2.07. The van der Waals surface area contributed by atoms with Crippen LogP contribution in [0.15, 0.2) is 17.1 Å². The van der Waals surface area contributed by atoms with E-state index in [1.165, 1.54) is 6.20 Å². The number of carboxylic acid groups (broad SMARTS) is 1. The Morgan fingerprint density at radius 2 is 1.52 bits per heavy atom. The molecule has 0 amide bonds. The van der Waals surface area contributed by atoms with Gasteiger partial charge < -0.3 is 24.4 Å². The number of ether oxygens (including phenoxy) is 1. The molecule has 18 nitrogen and oxygen atoms in total. The molecule has 2 aliphatic heterocycles. The van der Waals surface area contributed by atoms with Gasteiger partial charge in [-0.05, 0) is 6.07 Å². The number of pyridine rings is 1. The molecule has 2 N–H and O–H groups in total. The van der Waals surface area contributed by atoms with Crippen LogP contribution in [0.25, 0.3) is 10.9 Å². The van der Waals surface area contributed by atoms with Gasteiger partial charge in [0.15, 0.2) is 11.6 Å². The molecule has 0 aliphatic carbocycles. The zero-order chi connectivity index (χ0) is 32.3. The smallest absolute Gasteiger partial charge is 0.428 e. The van der Waals surface area contributed by atoms with Crippen molar-refractivity contribution in [2.24, 2.45) is 0 Å². The van der Waals surface area contributed by atoms with E-state index in [0.29, 0.717) is 0 Å². The third kappa shape index (κ3) is 6.16. The number of aliphatic hydroxyl groups is 1. The molecule has 21 heteroatoms. The predicted molar refractivity (Wildman–Crippen MR) is 146 cm³/mol. The van der Waals surface area contributed by atoms with E-state index in [0.717, 1.165) is 34.5 Å². The molecule has 0 radical (unpaired) electrons. The molecule has 3 heterocycles. The number of halogens is 1. The molecule has 44 heavy (non-hydrogen) atoms. The van der Waals surface area contributed by atoms with Crippen LogP contribution < -0.4 is 15.1 Å². The average Bonchev–Trinajstić information content (AvgIpc) is 2.98. The van der Waals surface area contributed by atoms with Crippen LogP contribution in [0.4, 0.5) is 10.1 Å². The lowest BCUT2D eigenvalue weighted by molar-refractivity contribution is -0.264. The number of aromatic carboxylic acids is 1. The van der Waals surface area contributed by atoms with Crippen molar-refractivity contribution in [2.45, 2.75) is 18.0 Å². The summed E-state index contributed by atoms with van der Waals surface area (Å²) < 4.78 is 68.7. The van der Waals surface area contributed by atoms with Gasteiger partial charge in [0.1, 0.15) is 17.9 Å². The van der Waals surface area contributed by atoms with Gasteiger partial charge in [-0.3, -0.25) is 18.8 Å². The first-order valence-corrected chi connectivity index (χ1v) is 16.0. The molecular weight excluding hydrogens is 639 g/mol. The van der Waals surface area contributed by atoms with Crippen LogP contribution in [0.3, 0.4) is 0 Å². The number of hydrogen-bond donors (Lipinski definition) is 2. The molecular formula is C23H32FN3O15P2. The summed E-state index contributed by atoms with van der Waals surface area (Å²) in [6.45, 7) is 1.21. The minimum atomic E-state index is -5.03. The minimum Gasteiger partial charge on any atom is -0.487 e. The first-order valence-electron chi connectivity index (χ1n) is 13.0. The molecule has 4 rings (SSSR count). The quantitative estimate of drug-likeness (QED) is 0.158. The average molecular weight is 671 g/mol. The van der Waals surface area contributed by atoms with Crippen LogP contribution in [-0.2, 0) is 53.9 Å². The van der Waals surface area contributed by atoms with E-state index in [2.05, 4.69) is 38.2 Å². The van der Waals surface area contributed by atoms with Crippen LogP contribution in [0, 0.1) is 5.82 Å². The SMILES string of the molecule is COOP(=O)(OOC)C(O)(CCN1CCN(c2c(F)cc3c(=O)c(C(=O)O)cn4c3c2OCC4)CC1)P(=O)(OOC)OOC. The summed E-state index contributed by atoms with van der Waals surface area (Å²) in [6.07, 6.45) is 0.580. The number of aromatic nitrogens is 1. The van der Waals surface area contributed by atoms with Gasteiger partial charge in [0, 0.05) is 45.3 Å². The third-order valence-electron chi connectivity index (χ3n) is 7.07. The normalized spacial score (nSPS) is 16.4. The molecule has 0 saturated carbocycles. The van der Waals surface area contributed by atoms with E-state index in [9.17, 15) is 28.9 Å². The van der Waals surface area contributed by atoms with E-state index in [4.69, 9.17) is 4.74 Å². The number of carbonyl (C=O) groups is 1. The van der Waals surface area contributed by atoms with E-state index < -0.39 is 49.5 Å². The highest BCUT2D eigenvalue weighted by Crippen LogP contribution is 2.78. The van der Waals surface area contributed by atoms with Crippen molar-refractivity contribution in [3.05, 3.63) is 33.9 Å². The second-order valence-corrected chi connectivity index (χ2v) is 13.9. The van der Waals surface area contributed by atoms with Gasteiger partial charge in [0.25, 0.3) is 5.08 Å². The number of benzene rings is 1. The van der Waals surface area contributed by atoms with Crippen molar-refractivity contribution in [3.63, 3.8) is 0 Å². The lowest BCUT2D eigenvalue weighted by Gasteiger charge is -2.39. The second kappa shape index (κ2) is 13.9. The monoisotopic (exact) mass is 671 g/mol. The molecule has 246 valence electrons. The van der Waals surface area contributed by atoms with Crippen molar-refractivity contribution in [2.75, 3.05) is 72.7 Å². The summed E-state index contributed by atoms with van der Waals surface area (Å²) in [7, 11) is -6.24. The second-order valence-electron chi connectivity index (χ2n) is 9.46. The van der Waals surface area contributed by atoms with Gasteiger partial charge in [-0.25, -0.2) is 28.7 Å². The van der Waals surface area contributed by atoms with Crippen LogP contribution in [-0.4, -0.2) is 98.5 Å². The van der Waals surface area contributed by atoms with Gasteiger partial charge in [-0.1, -0.05) is 0 Å². The van der Waals surface area contributed by atoms with Gasteiger partial charge in [0.05, 0.1) is 45.9 Å². The van der Waals surface area contributed by atoms with Crippen LogP contribution >= 0.6 is 15.2 Å². The summed E-state index contributed by atoms with van der Waals surface area (Å²) in [6, 6.07) is 1.01. The number of rotatable bonds is 15. The molecule has 1 aromatic carbocycles. The predicted octanol–water partition coefficient (Wildman–Crippen LogP) is 2.09. The topological polar surface area (TPSA) is 203 Å². The number of piperazine rings is 1. The summed E-state index contributed by atoms with van der Waals surface area (Å²) in [5, 5.41) is 17.8. The Balaban J connectivity index is 1.59. The standard InChI is InChI=1S/C23H32FN3O15P2/c1-34-39-43(32,40-35-2)23(31,44(33,41-36-3)42-37-4)5-6-25-7-9-26(10-8-25)19-17(24)13-15-18-21(19)38-12-11-27(18)14-16(20(15)28)22(29)30/h13-14,31H,5-12H2,1-4H3,(H,29,30). The van der Waals surface area contributed by atoms with E-state index in [-0.39, 0.29) is 68.2 Å². The number of anilines is 1. The van der Waals surface area contributed by atoms with E-state index in [1.54, 1.807) is 14.4 Å². The highest BCUT2D eigenvalue weighted by Gasteiger charge is 2.68. The highest BCUT2D eigenvalue weighted by atomic mass is 31.2. The number of hydrogen-bond acceptors (Lipinski definition) is 16. The molecule has 0 unspecified atom stereocenters. The molecule has 1 aromatic heterocycles. The van der Waals surface area contributed by atoms with Gasteiger partial charge in [-0.15, -0.1) is 18.7 Å². The zero-order valence-corrected chi connectivity index (χ0v) is 25.9. The van der Waals surface area contributed by atoms with Crippen molar-refractivity contribution in [1.29, 1.82) is 0 Å². The Hall–Kier alpha value is -2.51. The maximum Gasteiger partial charge on any atom is 0.428 e. The molecule has 0 atom stereocenters. The first-order chi connectivity index (χ1) is 20.9. The van der Waals surface area contributed by atoms with E-state index >= 15 is 4.39 Å². The number of carboxylic acids is 1. The van der Waals surface area contributed by atoms with Gasteiger partial charge >= 0.3 is 21.2 Å². The van der Waals surface area contributed by atoms with Crippen molar-refractivity contribution >= 4 is 37.8 Å². The van der Waals surface area contributed by atoms with Crippen molar-refractivity contribution < 1.29 is 71.5 Å². The Labute approximate surface area is 249 Å². The fourth-order valence-electron chi connectivity index (χ4n) is 5.08. The lowest BCUT2D eigenvalue weighted by atomic mass is 10.1. The summed E-state index contributed by atoms with van der Waals surface area (Å²) >= 11 is 0. The maximum absolute atomic E-state index is 15.5. The van der Waals surface area contributed by atoms with Crippen molar-refractivity contribution in [1.82, 2.24) is 9.47 Å². The Morgan fingerprint density at radius 3 is 2.02 bits per heavy atom. The molecule has 2 aromatic rings. The zero-order valence-electron chi connectivity index (χ0n) is 24.1. The molecule has 1 saturated heterocycles. The molecule has 0 bridgehead atoms. The fourth-order valence-corrected chi connectivity index (χ4v) is 8.74. The minimum absolute atomic E-state index is 0.0996. The van der Waals surface area contributed by atoms with Gasteiger partial charge in [0.2, 0.25) is 5.43 Å². The first kappa shape index (κ1) is 34.4. The Kier molecular flexibility index (Phi) is 10.8. The summed E-state index contributed by atoms with van der Waals surface area (Å²) in [5.41, 5.74) is -0.909. The fraction of sp³-hybridized carbons (Fsp3) is 0.565. The number of nitrogens with zero attached hydrogens (tertiary/aromatic N) is 3. The Bertz CT molecular complexity index is 1480. The Morgan fingerprint density at radius 1 is 0.977 bits per heavy atom. The molecule has 0 spiro atoms. The largest absolute Gasteiger partial charge is 0.487 e. The molecule has 1 fully saturated rings. The molecule has 2 aliphatic rings. The van der Waals surface area contributed by atoms with Crippen molar-refractivity contribution in [3.8, 4) is 5.75 Å². The maximum atomic E-state index is 15.5.